The zero-order valence-corrected chi connectivity index (χ0v) is 14.4. The van der Waals surface area contributed by atoms with Crippen molar-refractivity contribution in [3.63, 3.8) is 0 Å². The highest BCUT2D eigenvalue weighted by Gasteiger charge is 2.53. The van der Waals surface area contributed by atoms with Crippen molar-refractivity contribution in [2.45, 2.75) is 64.0 Å². The smallest absolute Gasteiger partial charge is 0.193 e. The largest absolute Gasteiger partial charge is 0.407 e. The number of ether oxygens (including phenoxy) is 1. The van der Waals surface area contributed by atoms with Gasteiger partial charge in [0.15, 0.2) is 8.32 Å². The molecule has 2 atom stereocenters. The normalized spacial score (nSPS) is 24.1. The molecule has 0 bridgehead atoms. The van der Waals surface area contributed by atoms with Crippen LogP contribution in [0.5, 0.6) is 0 Å². The number of epoxide rings is 1. The van der Waals surface area contributed by atoms with Gasteiger partial charge >= 0.3 is 0 Å². The first-order chi connectivity index (χ1) is 9.47. The first-order valence-corrected chi connectivity index (χ1v) is 10.2. The highest BCUT2D eigenvalue weighted by Crippen LogP contribution is 2.41. The van der Waals surface area contributed by atoms with Crippen molar-refractivity contribution >= 4 is 8.32 Å². The van der Waals surface area contributed by atoms with Gasteiger partial charge in [-0.3, -0.25) is 0 Å². The fourth-order valence-electron chi connectivity index (χ4n) is 2.75. The van der Waals surface area contributed by atoms with Crippen LogP contribution in [-0.2, 0) is 9.16 Å². The van der Waals surface area contributed by atoms with E-state index < -0.39 is 8.32 Å². The molecule has 1 saturated heterocycles. The van der Waals surface area contributed by atoms with Gasteiger partial charge in [0.1, 0.15) is 5.60 Å². The van der Waals surface area contributed by atoms with Crippen LogP contribution in [0.4, 0.5) is 0 Å². The summed E-state index contributed by atoms with van der Waals surface area (Å²) >= 11 is 0. The first kappa shape index (κ1) is 17.6. The minimum atomic E-state index is -1.69. The second-order valence-electron chi connectivity index (χ2n) is 5.88. The summed E-state index contributed by atoms with van der Waals surface area (Å²) < 4.78 is 12.3. The molecule has 0 spiro atoms. The molecule has 1 rings (SSSR count). The van der Waals surface area contributed by atoms with Crippen molar-refractivity contribution in [1.29, 1.82) is 0 Å². The maximum absolute atomic E-state index is 9.06. The van der Waals surface area contributed by atoms with Crippen LogP contribution in [0.1, 0.15) is 34.1 Å². The minimum Gasteiger partial charge on any atom is -0.407 e. The SMILES string of the molecule is C=C(C)C[C@]1([C@@H](/C=C/CO)O[Si](CC)(CC)CC)CO1. The molecule has 1 fully saturated rings. The van der Waals surface area contributed by atoms with E-state index in [-0.39, 0.29) is 18.3 Å². The third-order valence-electron chi connectivity index (χ3n) is 4.36. The van der Waals surface area contributed by atoms with Gasteiger partial charge in [-0.05, 0) is 25.1 Å². The molecule has 0 aromatic heterocycles. The summed E-state index contributed by atoms with van der Waals surface area (Å²) in [4.78, 5) is 0. The molecule has 3 nitrogen and oxygen atoms in total. The number of hydrogen-bond donors (Lipinski definition) is 1. The van der Waals surface area contributed by atoms with Gasteiger partial charge < -0.3 is 14.3 Å². The fraction of sp³-hybridized carbons (Fsp3) is 0.750. The van der Waals surface area contributed by atoms with Gasteiger partial charge in [-0.2, -0.15) is 0 Å². The highest BCUT2D eigenvalue weighted by atomic mass is 28.4. The lowest BCUT2D eigenvalue weighted by molar-refractivity contribution is 0.121. The van der Waals surface area contributed by atoms with Gasteiger partial charge in [-0.25, -0.2) is 0 Å². The van der Waals surface area contributed by atoms with Crippen LogP contribution in [0.15, 0.2) is 24.3 Å². The molecule has 1 N–H and O–H groups in total. The van der Waals surface area contributed by atoms with Crippen LogP contribution < -0.4 is 0 Å². The van der Waals surface area contributed by atoms with E-state index in [1.54, 1.807) is 6.08 Å². The van der Waals surface area contributed by atoms with E-state index in [0.717, 1.165) is 36.7 Å². The summed E-state index contributed by atoms with van der Waals surface area (Å²) in [5.41, 5.74) is 0.875. The van der Waals surface area contributed by atoms with Crippen molar-refractivity contribution in [2.75, 3.05) is 13.2 Å². The van der Waals surface area contributed by atoms with Crippen LogP contribution in [0.25, 0.3) is 0 Å². The summed E-state index contributed by atoms with van der Waals surface area (Å²) in [7, 11) is -1.69. The lowest BCUT2D eigenvalue weighted by Crippen LogP contribution is -2.45. The topological polar surface area (TPSA) is 42.0 Å². The third-order valence-corrected chi connectivity index (χ3v) is 8.98. The highest BCUT2D eigenvalue weighted by molar-refractivity contribution is 6.73. The molecule has 4 heteroatoms. The Morgan fingerprint density at radius 3 is 2.30 bits per heavy atom. The number of hydrogen-bond acceptors (Lipinski definition) is 3. The molecular weight excluding hydrogens is 268 g/mol. The lowest BCUT2D eigenvalue weighted by atomic mass is 9.95. The maximum atomic E-state index is 9.06. The molecule has 0 aromatic rings. The molecule has 0 radical (unpaired) electrons. The summed E-state index contributed by atoms with van der Waals surface area (Å²) in [6, 6.07) is 3.35. The standard InChI is InChI=1S/C16H30O3Si/c1-6-20(7-2,8-3)19-15(10-9-11-17)16(13-18-16)12-14(4)5/h9-10,15,17H,4,6-8,11-13H2,1-3,5H3/b10-9+/t15-,16-/m1/s1. The van der Waals surface area contributed by atoms with Crippen LogP contribution in [0.2, 0.25) is 18.1 Å². The van der Waals surface area contributed by atoms with Crippen LogP contribution in [0.3, 0.4) is 0 Å². The van der Waals surface area contributed by atoms with Gasteiger partial charge in [0.25, 0.3) is 0 Å². The summed E-state index contributed by atoms with van der Waals surface area (Å²) in [5, 5.41) is 9.06. The lowest BCUT2D eigenvalue weighted by Gasteiger charge is -2.35. The minimum absolute atomic E-state index is 0.0436. The van der Waals surface area contributed by atoms with E-state index in [4.69, 9.17) is 14.3 Å². The van der Waals surface area contributed by atoms with Gasteiger partial charge in [0.2, 0.25) is 0 Å². The van der Waals surface area contributed by atoms with Crippen LogP contribution >= 0.6 is 0 Å². The quantitative estimate of drug-likeness (QED) is 0.380. The van der Waals surface area contributed by atoms with Gasteiger partial charge in [-0.15, -0.1) is 6.58 Å². The Labute approximate surface area is 124 Å². The Kier molecular flexibility index (Phi) is 6.65. The van der Waals surface area contributed by atoms with Gasteiger partial charge in [-0.1, -0.05) is 38.5 Å². The maximum Gasteiger partial charge on any atom is 0.193 e. The predicted molar refractivity (Wildman–Crippen MR) is 86.4 cm³/mol. The van der Waals surface area contributed by atoms with E-state index in [0.29, 0.717) is 0 Å². The monoisotopic (exact) mass is 298 g/mol. The number of aliphatic hydroxyl groups excluding tert-OH is 1. The van der Waals surface area contributed by atoms with Crippen molar-refractivity contribution < 1.29 is 14.3 Å². The van der Waals surface area contributed by atoms with E-state index >= 15 is 0 Å². The second-order valence-corrected chi connectivity index (χ2v) is 10.6. The zero-order valence-electron chi connectivity index (χ0n) is 13.4. The Morgan fingerprint density at radius 2 is 1.95 bits per heavy atom. The molecule has 0 aliphatic carbocycles. The summed E-state index contributed by atoms with van der Waals surface area (Å²) in [5.74, 6) is 0. The molecule has 20 heavy (non-hydrogen) atoms. The van der Waals surface area contributed by atoms with E-state index in [1.807, 2.05) is 13.0 Å². The van der Waals surface area contributed by atoms with E-state index in [2.05, 4.69) is 27.4 Å². The second kappa shape index (κ2) is 7.55. The Balaban J connectivity index is 2.90. The number of aliphatic hydroxyl groups is 1. The van der Waals surface area contributed by atoms with Crippen molar-refractivity contribution in [3.05, 3.63) is 24.3 Å². The Bertz CT molecular complexity index is 335. The number of rotatable bonds is 10. The van der Waals surface area contributed by atoms with Crippen molar-refractivity contribution in [3.8, 4) is 0 Å². The van der Waals surface area contributed by atoms with E-state index in [1.165, 1.54) is 0 Å². The first-order valence-electron chi connectivity index (χ1n) is 7.71. The molecule has 116 valence electrons. The predicted octanol–water partition coefficient (Wildman–Crippen LogP) is 3.66. The molecule has 0 amide bonds. The average molecular weight is 298 g/mol. The molecule has 0 aromatic carbocycles. The molecular formula is C16H30O3Si. The van der Waals surface area contributed by atoms with Crippen LogP contribution in [0, 0.1) is 0 Å². The Morgan fingerprint density at radius 1 is 1.40 bits per heavy atom. The van der Waals surface area contributed by atoms with Crippen LogP contribution in [-0.4, -0.2) is 38.3 Å². The molecule has 0 saturated carbocycles. The molecule has 1 aliphatic rings. The van der Waals surface area contributed by atoms with Gasteiger partial charge in [0.05, 0.1) is 19.3 Å². The zero-order chi connectivity index (χ0) is 15.2. The molecule has 0 unspecified atom stereocenters. The summed E-state index contributed by atoms with van der Waals surface area (Å²) in [6.45, 7) is 13.5. The summed E-state index contributed by atoms with van der Waals surface area (Å²) in [6.07, 6.45) is 4.53. The average Bonchev–Trinajstić information content (AvgIpc) is 3.20. The van der Waals surface area contributed by atoms with E-state index in [9.17, 15) is 0 Å². The van der Waals surface area contributed by atoms with Gasteiger partial charge in [0, 0.05) is 6.42 Å². The fourth-order valence-corrected chi connectivity index (χ4v) is 5.58. The Hall–Kier alpha value is -0.423. The third kappa shape index (κ3) is 4.28. The molecule has 1 aliphatic heterocycles. The molecule has 1 heterocycles. The van der Waals surface area contributed by atoms with Crippen molar-refractivity contribution in [1.82, 2.24) is 0 Å². The van der Waals surface area contributed by atoms with Crippen molar-refractivity contribution in [2.24, 2.45) is 0 Å².